The van der Waals surface area contributed by atoms with Gasteiger partial charge in [-0.1, -0.05) is 67.3 Å². The van der Waals surface area contributed by atoms with Crippen LogP contribution in [-0.2, 0) is 0 Å². The van der Waals surface area contributed by atoms with E-state index in [9.17, 15) is 0 Å². The largest absolute Gasteiger partial charge is 0.384 e. The first kappa shape index (κ1) is 18.4. The fraction of sp³-hybridized carbons (Fsp3) is 0.130. The van der Waals surface area contributed by atoms with E-state index in [0.717, 1.165) is 47.1 Å². The van der Waals surface area contributed by atoms with Gasteiger partial charge in [0.2, 0.25) is 0 Å². The van der Waals surface area contributed by atoms with Gasteiger partial charge in [-0.2, -0.15) is 0 Å². The van der Waals surface area contributed by atoms with Crippen LogP contribution in [0.3, 0.4) is 0 Å². The highest BCUT2D eigenvalue weighted by Crippen LogP contribution is 2.34. The van der Waals surface area contributed by atoms with Crippen LogP contribution in [-0.4, -0.2) is 11.7 Å². The van der Waals surface area contributed by atoms with Gasteiger partial charge in [0.05, 0.1) is 0 Å². The molecule has 0 bridgehead atoms. The number of nitrogens with two attached hydrogens (primary N) is 2. The van der Waals surface area contributed by atoms with Gasteiger partial charge in [-0.05, 0) is 47.1 Å². The Morgan fingerprint density at radius 3 is 1.44 bits per heavy atom. The Kier molecular flexibility index (Phi) is 5.36. The van der Waals surface area contributed by atoms with E-state index in [4.69, 9.17) is 22.3 Å². The van der Waals surface area contributed by atoms with E-state index in [1.54, 1.807) is 0 Å². The highest BCUT2D eigenvalue weighted by atomic mass is 14.7. The molecule has 0 radical (unpaired) electrons. The van der Waals surface area contributed by atoms with Gasteiger partial charge in [-0.25, -0.2) is 0 Å². The van der Waals surface area contributed by atoms with Crippen LogP contribution >= 0.6 is 0 Å². The topological polar surface area (TPSA) is 99.7 Å². The Bertz CT molecular complexity index is 867. The molecule has 0 atom stereocenters. The van der Waals surface area contributed by atoms with Gasteiger partial charge in [0, 0.05) is 11.1 Å². The molecule has 6 N–H and O–H groups in total. The van der Waals surface area contributed by atoms with Gasteiger partial charge in [-0.15, -0.1) is 0 Å². The summed E-state index contributed by atoms with van der Waals surface area (Å²) in [6, 6.07) is 15.4. The van der Waals surface area contributed by atoms with Gasteiger partial charge < -0.3 is 11.5 Å². The van der Waals surface area contributed by atoms with Gasteiger partial charge in [0.25, 0.3) is 0 Å². The predicted molar refractivity (Wildman–Crippen MR) is 114 cm³/mol. The quantitative estimate of drug-likeness (QED) is 0.480. The molecule has 0 saturated heterocycles. The molecule has 0 aliphatic heterocycles. The summed E-state index contributed by atoms with van der Waals surface area (Å²) < 4.78 is 0. The third-order valence-corrected chi connectivity index (χ3v) is 4.79. The molecule has 1 aliphatic rings. The number of nitrogen functional groups attached to an aromatic ring is 2. The zero-order chi connectivity index (χ0) is 19.4. The Hall–Kier alpha value is -3.40. The van der Waals surface area contributed by atoms with Crippen LogP contribution in [0.5, 0.6) is 0 Å². The van der Waals surface area contributed by atoms with Crippen LogP contribution in [0.1, 0.15) is 41.5 Å². The van der Waals surface area contributed by atoms with Gasteiger partial charge in [0.15, 0.2) is 0 Å². The zero-order valence-corrected chi connectivity index (χ0v) is 15.3. The van der Waals surface area contributed by atoms with Crippen LogP contribution in [0.4, 0.5) is 0 Å². The molecule has 0 aromatic heterocycles. The Balaban J connectivity index is 1.82. The number of amidine groups is 2. The molecular formula is C23H24N4. The third kappa shape index (κ3) is 4.42. The maximum absolute atomic E-state index is 7.48. The predicted octanol–water partition coefficient (Wildman–Crippen LogP) is 4.46. The average Bonchev–Trinajstić information content (AvgIpc) is 2.66. The smallest absolute Gasteiger partial charge is 0.122 e. The highest BCUT2D eigenvalue weighted by molar-refractivity contribution is 5.95. The first-order chi connectivity index (χ1) is 12.9. The number of benzene rings is 2. The Labute approximate surface area is 159 Å². The van der Waals surface area contributed by atoms with Crippen LogP contribution < -0.4 is 11.5 Å². The van der Waals surface area contributed by atoms with Crippen LogP contribution in [0, 0.1) is 10.8 Å². The number of hydrogen-bond acceptors (Lipinski definition) is 2. The molecule has 0 heterocycles. The lowest BCUT2D eigenvalue weighted by molar-refractivity contribution is 0.782. The zero-order valence-electron chi connectivity index (χ0n) is 15.3. The summed E-state index contributed by atoms with van der Waals surface area (Å²) in [5, 5.41) is 15.0. The second-order valence-electron chi connectivity index (χ2n) is 6.74. The molecule has 2 aromatic carbocycles. The lowest BCUT2D eigenvalue weighted by Crippen LogP contribution is -2.10. The summed E-state index contributed by atoms with van der Waals surface area (Å²) in [4.78, 5) is 0. The molecule has 136 valence electrons. The number of hydrogen-bond donors (Lipinski definition) is 4. The van der Waals surface area contributed by atoms with Crippen molar-refractivity contribution in [2.24, 2.45) is 11.5 Å². The standard InChI is InChI=1S/C23H24N4/c1-15-20(13-16-5-9-18(10-6-16)22(24)25)3-2-4-21(15)14-17-7-11-19(12-8-17)23(26)27/h5-14H,1-4H2,(H3,24,25)(H3,26,27)/b20-13+,21-14+. The van der Waals surface area contributed by atoms with E-state index in [2.05, 4.69) is 18.7 Å². The van der Waals surface area contributed by atoms with E-state index >= 15 is 0 Å². The second kappa shape index (κ2) is 7.87. The van der Waals surface area contributed by atoms with E-state index in [0.29, 0.717) is 0 Å². The van der Waals surface area contributed by atoms with Crippen LogP contribution in [0.2, 0.25) is 0 Å². The van der Waals surface area contributed by atoms with E-state index in [1.807, 2.05) is 48.5 Å². The fourth-order valence-electron chi connectivity index (χ4n) is 3.22. The second-order valence-corrected chi connectivity index (χ2v) is 6.74. The first-order valence-electron chi connectivity index (χ1n) is 8.94. The van der Waals surface area contributed by atoms with Gasteiger partial charge in [0.1, 0.15) is 11.7 Å². The van der Waals surface area contributed by atoms with Crippen molar-refractivity contribution in [3.63, 3.8) is 0 Å². The van der Waals surface area contributed by atoms with Crippen molar-refractivity contribution in [1.82, 2.24) is 0 Å². The van der Waals surface area contributed by atoms with Crippen molar-refractivity contribution < 1.29 is 0 Å². The SMILES string of the molecule is C=C1/C(=C/c2ccc(C(=N)N)cc2)CCC/C1=C\c1ccc(C(=N)N)cc1. The highest BCUT2D eigenvalue weighted by Gasteiger charge is 2.15. The van der Waals surface area contributed by atoms with Crippen molar-refractivity contribution in [2.45, 2.75) is 19.3 Å². The van der Waals surface area contributed by atoms with Gasteiger partial charge in [-0.3, -0.25) is 10.8 Å². The minimum Gasteiger partial charge on any atom is -0.384 e. The number of rotatable bonds is 4. The maximum Gasteiger partial charge on any atom is 0.122 e. The molecule has 1 saturated carbocycles. The molecular weight excluding hydrogens is 332 g/mol. The molecule has 0 amide bonds. The average molecular weight is 356 g/mol. The number of nitrogens with one attached hydrogen (secondary N) is 2. The lowest BCUT2D eigenvalue weighted by atomic mass is 9.84. The fourth-order valence-corrected chi connectivity index (χ4v) is 3.22. The molecule has 1 aliphatic carbocycles. The molecule has 0 spiro atoms. The van der Waals surface area contributed by atoms with Crippen LogP contribution in [0.25, 0.3) is 12.2 Å². The summed E-state index contributed by atoms with van der Waals surface area (Å²) in [5.41, 5.74) is 18.2. The van der Waals surface area contributed by atoms with Crippen molar-refractivity contribution >= 4 is 23.8 Å². The van der Waals surface area contributed by atoms with Crippen LogP contribution in [0.15, 0.2) is 71.8 Å². The summed E-state index contributed by atoms with van der Waals surface area (Å²) in [7, 11) is 0. The summed E-state index contributed by atoms with van der Waals surface area (Å²) in [6.45, 7) is 4.32. The van der Waals surface area contributed by atoms with E-state index in [1.165, 1.54) is 11.1 Å². The van der Waals surface area contributed by atoms with E-state index < -0.39 is 0 Å². The minimum atomic E-state index is 0.0808. The molecule has 1 fully saturated rings. The molecule has 3 rings (SSSR count). The summed E-state index contributed by atoms with van der Waals surface area (Å²) >= 11 is 0. The van der Waals surface area contributed by atoms with Gasteiger partial charge >= 0.3 is 0 Å². The van der Waals surface area contributed by atoms with Crippen molar-refractivity contribution in [1.29, 1.82) is 10.8 Å². The van der Waals surface area contributed by atoms with Crippen molar-refractivity contribution in [2.75, 3.05) is 0 Å². The maximum atomic E-state index is 7.48. The minimum absolute atomic E-state index is 0.0808. The summed E-state index contributed by atoms with van der Waals surface area (Å²) in [5.74, 6) is 0.162. The lowest BCUT2D eigenvalue weighted by Gasteiger charge is -2.21. The normalized spacial score (nSPS) is 17.3. The van der Waals surface area contributed by atoms with Crippen molar-refractivity contribution in [3.8, 4) is 0 Å². The molecule has 0 unspecified atom stereocenters. The van der Waals surface area contributed by atoms with E-state index in [-0.39, 0.29) is 11.7 Å². The Morgan fingerprint density at radius 1 is 0.741 bits per heavy atom. The molecule has 2 aromatic rings. The Morgan fingerprint density at radius 2 is 1.11 bits per heavy atom. The number of allylic oxidation sites excluding steroid dienone is 3. The monoisotopic (exact) mass is 356 g/mol. The molecule has 4 heteroatoms. The molecule has 4 nitrogen and oxygen atoms in total. The molecule has 27 heavy (non-hydrogen) atoms. The van der Waals surface area contributed by atoms with Crippen molar-refractivity contribution in [3.05, 3.63) is 94.1 Å². The summed E-state index contributed by atoms with van der Waals surface area (Å²) in [6.07, 6.45) is 7.44. The third-order valence-electron chi connectivity index (χ3n) is 4.79. The first-order valence-corrected chi connectivity index (χ1v) is 8.94.